The van der Waals surface area contributed by atoms with Gasteiger partial charge in [-0.05, 0) is 201 Å². The van der Waals surface area contributed by atoms with Crippen molar-refractivity contribution in [1.29, 1.82) is 0 Å². The molecule has 33 heteroatoms. The topological polar surface area (TPSA) is 454 Å². The molecule has 12 N–H and O–H groups in total. The minimum Gasteiger partial charge on any atom is -0.489 e. The van der Waals surface area contributed by atoms with Crippen LogP contribution in [0.4, 0.5) is 69.8 Å². The summed E-state index contributed by atoms with van der Waals surface area (Å²) >= 11 is 0. The van der Waals surface area contributed by atoms with Gasteiger partial charge in [-0.15, -0.1) is 0 Å². The summed E-state index contributed by atoms with van der Waals surface area (Å²) in [5.41, 5.74) is 0.743. The number of amides is 12. The Morgan fingerprint density at radius 3 is 0.517 bits per heavy atom. The summed E-state index contributed by atoms with van der Waals surface area (Å²) in [6, 6.07) is 45.3. The number of nitrogens with zero attached hydrogens (tertiary/aromatic N) is 6. The van der Waals surface area contributed by atoms with Gasteiger partial charge in [-0.25, -0.2) is 29.9 Å². The molecule has 0 radical (unpaired) electrons. The van der Waals surface area contributed by atoms with Crippen molar-refractivity contribution < 1.29 is 71.7 Å². The van der Waals surface area contributed by atoms with Crippen molar-refractivity contribution in [1.82, 2.24) is 29.9 Å². The summed E-state index contributed by atoms with van der Waals surface area (Å²) in [4.78, 5) is 189. The zero-order valence-electron chi connectivity index (χ0n) is 66.7. The predicted octanol–water partition coefficient (Wildman–Crippen LogP) is 14.7. The molecule has 0 unspecified atom stereocenters. The van der Waals surface area contributed by atoms with Crippen LogP contribution in [0.5, 0.6) is 17.2 Å². The van der Waals surface area contributed by atoms with Crippen LogP contribution < -0.4 is 78.0 Å². The third-order valence-corrected chi connectivity index (χ3v) is 17.0. The molecule has 0 spiro atoms. The molecular formula is C87H90N18O15. The zero-order chi connectivity index (χ0) is 85.5. The summed E-state index contributed by atoms with van der Waals surface area (Å²) in [6.07, 6.45) is 4.83. The minimum atomic E-state index is -0.740. The zero-order valence-corrected chi connectivity index (χ0v) is 66.7. The van der Waals surface area contributed by atoms with E-state index in [0.29, 0.717) is 55.2 Å². The summed E-state index contributed by atoms with van der Waals surface area (Å²) in [5.74, 6) is -4.82. The number of carbonyl (C=O) groups excluding carboxylic acids is 12. The fraction of sp³-hybridized carbons (Fsp3) is 0.241. The van der Waals surface area contributed by atoms with Gasteiger partial charge in [0.2, 0.25) is 35.4 Å². The lowest BCUT2D eigenvalue weighted by atomic mass is 10.1. The Morgan fingerprint density at radius 1 is 0.217 bits per heavy atom. The highest BCUT2D eigenvalue weighted by Gasteiger charge is 2.23. The van der Waals surface area contributed by atoms with E-state index in [9.17, 15) is 57.5 Å². The number of pyridine rings is 6. The number of anilines is 12. The molecule has 120 heavy (non-hydrogen) atoms. The standard InChI is InChI=1S/C87H90N18O15/c1-7-19-76(106)94-64-25-13-31-70(88-64)100-82(112)55-40-56(83(113)101-71-32-14-26-65(89-71)95-77(107)20-8-2)44-61(43-55)118-49-52-37-53(50-119-62-45-57(84(114)102-72-33-15-27-66(90-72)96-78(108)21-9-3)41-58(46-62)85(115)103-73-34-16-28-67(91-73)97-79(109)22-10-4)39-54(38-52)51-120-63-47-59(86(116)104-74-35-17-29-68(92-74)98-80(110)23-11-5)42-60(48-63)87(117)105-75-36-18-30-69(93-75)99-81(111)24-12-6/h13-18,25-48H,7-12,19-24,49-51H2,1-6H3,(H2,88,94,100,106,112)(H2,89,95,101,107,113)(H2,90,96,102,108,114)(H2,91,97,103,109,115)(H2,92,98,104,110,116)(H2,93,99,105,111,117). The van der Waals surface area contributed by atoms with E-state index in [4.69, 9.17) is 14.2 Å². The highest BCUT2D eigenvalue weighted by molar-refractivity contribution is 6.12. The summed E-state index contributed by atoms with van der Waals surface area (Å²) in [7, 11) is 0. The maximum absolute atomic E-state index is 14.4. The number of aromatic nitrogens is 6. The first-order chi connectivity index (χ1) is 58.0. The summed E-state index contributed by atoms with van der Waals surface area (Å²) < 4.78 is 19.6. The molecule has 0 bridgehead atoms. The Hall–Kier alpha value is -15.2. The normalized spacial score (nSPS) is 10.7. The fourth-order valence-electron chi connectivity index (χ4n) is 11.6. The Labute approximate surface area is 690 Å². The number of benzene rings is 4. The molecule has 6 aromatic heterocycles. The van der Waals surface area contributed by atoms with Crippen LogP contribution in [0.1, 0.15) is 197 Å². The van der Waals surface area contributed by atoms with Crippen LogP contribution in [0.3, 0.4) is 0 Å². The molecule has 6 heterocycles. The van der Waals surface area contributed by atoms with Gasteiger partial charge in [-0.2, -0.15) is 0 Å². The third kappa shape index (κ3) is 27.2. The van der Waals surface area contributed by atoms with E-state index < -0.39 is 35.4 Å². The summed E-state index contributed by atoms with van der Waals surface area (Å²) in [5, 5.41) is 32.7. The van der Waals surface area contributed by atoms with E-state index >= 15 is 0 Å². The monoisotopic (exact) mass is 1630 g/mol. The molecule has 0 atom stereocenters. The van der Waals surface area contributed by atoms with Gasteiger partial charge in [-0.3, -0.25) is 57.5 Å². The van der Waals surface area contributed by atoms with Crippen LogP contribution >= 0.6 is 0 Å². The quantitative estimate of drug-likeness (QED) is 0.0170. The highest BCUT2D eigenvalue weighted by Crippen LogP contribution is 2.29. The number of nitrogens with one attached hydrogen (secondary N) is 12. The SMILES string of the molecule is CCCC(=O)Nc1cccc(NC(=O)c2cc(OCc3cc(COc4cc(C(=O)Nc5cccc(NC(=O)CCC)n5)cc(C(=O)Nc5cccc(NC(=O)CCC)n5)c4)cc(COc4cc(C(=O)Nc5cccc(NC(=O)CCC)n5)cc(C(=O)Nc5cccc(NC(=O)CCC)n5)c4)c3)cc(C(=O)Nc3cccc(NC(=O)CCC)n3)c2)n1. The molecule has 4 aromatic carbocycles. The van der Waals surface area contributed by atoms with Crippen LogP contribution in [0.2, 0.25) is 0 Å². The lowest BCUT2D eigenvalue weighted by Crippen LogP contribution is -2.18. The van der Waals surface area contributed by atoms with Gasteiger partial charge in [0.05, 0.1) is 0 Å². The fourth-order valence-corrected chi connectivity index (χ4v) is 11.6. The minimum absolute atomic E-state index is 0.00573. The van der Waals surface area contributed by atoms with Crippen LogP contribution in [0, 0.1) is 0 Å². The average molecular weight is 1630 g/mol. The van der Waals surface area contributed by atoms with Gasteiger partial charge in [-0.1, -0.05) is 77.9 Å². The molecule has 10 rings (SSSR count). The van der Waals surface area contributed by atoms with Gasteiger partial charge < -0.3 is 78.0 Å². The Morgan fingerprint density at radius 2 is 0.367 bits per heavy atom. The molecule has 0 saturated carbocycles. The molecule has 0 aliphatic rings. The first-order valence-corrected chi connectivity index (χ1v) is 38.9. The van der Waals surface area contributed by atoms with Crippen molar-refractivity contribution in [3.63, 3.8) is 0 Å². The molecular weight excluding hydrogens is 1540 g/mol. The first kappa shape index (κ1) is 87.2. The van der Waals surface area contributed by atoms with Crippen molar-refractivity contribution in [2.24, 2.45) is 0 Å². The van der Waals surface area contributed by atoms with E-state index in [1.54, 1.807) is 91.0 Å². The lowest BCUT2D eigenvalue weighted by molar-refractivity contribution is -0.117. The third-order valence-electron chi connectivity index (χ3n) is 17.0. The van der Waals surface area contributed by atoms with Crippen molar-refractivity contribution in [3.05, 3.63) is 232 Å². The van der Waals surface area contributed by atoms with Crippen molar-refractivity contribution in [2.75, 3.05) is 63.8 Å². The first-order valence-electron chi connectivity index (χ1n) is 38.9. The average Bonchev–Trinajstić information content (AvgIpc) is 0.824. The highest BCUT2D eigenvalue weighted by atomic mass is 16.5. The summed E-state index contributed by atoms with van der Waals surface area (Å²) in [6.45, 7) is 10.2. The van der Waals surface area contributed by atoms with Gasteiger partial charge in [0.1, 0.15) is 107 Å². The van der Waals surface area contributed by atoms with Gasteiger partial charge >= 0.3 is 0 Å². The molecule has 0 saturated heterocycles. The second-order valence-electron chi connectivity index (χ2n) is 27.2. The lowest BCUT2D eigenvalue weighted by Gasteiger charge is -2.16. The van der Waals surface area contributed by atoms with E-state index in [0.717, 1.165) is 0 Å². The van der Waals surface area contributed by atoms with Crippen molar-refractivity contribution in [3.8, 4) is 17.2 Å². The van der Waals surface area contributed by atoms with Crippen molar-refractivity contribution >= 4 is 141 Å². The smallest absolute Gasteiger partial charge is 0.256 e. The molecule has 0 fully saturated rings. The van der Waals surface area contributed by atoms with Crippen LogP contribution in [-0.4, -0.2) is 101 Å². The predicted molar refractivity (Wildman–Crippen MR) is 453 cm³/mol. The van der Waals surface area contributed by atoms with Gasteiger partial charge in [0, 0.05) is 71.9 Å². The van der Waals surface area contributed by atoms with Crippen molar-refractivity contribution in [2.45, 2.75) is 138 Å². The van der Waals surface area contributed by atoms with Crippen LogP contribution in [0.15, 0.2) is 182 Å². The largest absolute Gasteiger partial charge is 0.489 e. The van der Waals surface area contributed by atoms with Crippen LogP contribution in [0.25, 0.3) is 0 Å². The Kier molecular flexibility index (Phi) is 31.6. The Bertz CT molecular complexity index is 4650. The van der Waals surface area contributed by atoms with Crippen LogP contribution in [-0.2, 0) is 48.6 Å². The molecule has 10 aromatic rings. The molecule has 618 valence electrons. The van der Waals surface area contributed by atoms with E-state index in [1.807, 2.05) is 41.5 Å². The number of hydrogen-bond acceptors (Lipinski definition) is 21. The number of ether oxygens (including phenoxy) is 3. The second kappa shape index (κ2) is 43.5. The number of hydrogen-bond donors (Lipinski definition) is 12. The maximum atomic E-state index is 14.4. The second-order valence-corrected chi connectivity index (χ2v) is 27.2. The van der Waals surface area contributed by atoms with E-state index in [1.165, 1.54) is 91.0 Å². The van der Waals surface area contributed by atoms with E-state index in [-0.39, 0.29) is 214 Å². The Balaban J connectivity index is 1.03. The van der Waals surface area contributed by atoms with Gasteiger partial charge in [0.15, 0.2) is 0 Å². The van der Waals surface area contributed by atoms with Gasteiger partial charge in [0.25, 0.3) is 35.4 Å². The number of carbonyl (C=O) groups is 12. The maximum Gasteiger partial charge on any atom is 0.256 e. The number of rotatable bonds is 39. The molecule has 0 aliphatic carbocycles. The van der Waals surface area contributed by atoms with E-state index in [2.05, 4.69) is 93.7 Å². The molecule has 12 amide bonds. The molecule has 0 aliphatic heterocycles. The molecule has 33 nitrogen and oxygen atoms in total.